The van der Waals surface area contributed by atoms with Gasteiger partial charge in [-0.15, -0.1) is 0 Å². The van der Waals surface area contributed by atoms with E-state index in [0.717, 1.165) is 38.5 Å². The summed E-state index contributed by atoms with van der Waals surface area (Å²) in [4.78, 5) is 25.7. The SMILES string of the molecule is CCC(C)N1C(=O)CC(NC2CCCCCC2O)C1=O. The van der Waals surface area contributed by atoms with E-state index in [1.54, 1.807) is 0 Å². The number of amides is 2. The molecule has 20 heavy (non-hydrogen) atoms. The third kappa shape index (κ3) is 3.20. The Kier molecular flexibility index (Phi) is 5.16. The lowest BCUT2D eigenvalue weighted by molar-refractivity contribution is -0.141. The highest BCUT2D eigenvalue weighted by atomic mass is 16.3. The quantitative estimate of drug-likeness (QED) is 0.600. The predicted octanol–water partition coefficient (Wildman–Crippen LogP) is 1.20. The van der Waals surface area contributed by atoms with E-state index in [1.165, 1.54) is 4.90 Å². The number of hydrogen-bond acceptors (Lipinski definition) is 4. The van der Waals surface area contributed by atoms with Gasteiger partial charge in [-0.2, -0.15) is 0 Å². The fourth-order valence-corrected chi connectivity index (χ4v) is 3.17. The molecule has 0 spiro atoms. The molecule has 1 saturated carbocycles. The summed E-state index contributed by atoms with van der Waals surface area (Å²) in [6.07, 6.45) is 5.49. The predicted molar refractivity (Wildman–Crippen MR) is 76.0 cm³/mol. The minimum absolute atomic E-state index is 0.0409. The number of rotatable bonds is 4. The zero-order chi connectivity index (χ0) is 14.7. The van der Waals surface area contributed by atoms with Crippen molar-refractivity contribution >= 4 is 11.8 Å². The molecule has 5 heteroatoms. The summed E-state index contributed by atoms with van der Waals surface area (Å²) in [5.41, 5.74) is 0. The molecule has 4 unspecified atom stereocenters. The average Bonchev–Trinajstić information content (AvgIpc) is 2.58. The Hall–Kier alpha value is -0.940. The summed E-state index contributed by atoms with van der Waals surface area (Å²) in [6, 6.07) is -0.550. The van der Waals surface area contributed by atoms with Crippen LogP contribution >= 0.6 is 0 Å². The van der Waals surface area contributed by atoms with Gasteiger partial charge in [-0.25, -0.2) is 0 Å². The van der Waals surface area contributed by atoms with Crippen LogP contribution in [0.3, 0.4) is 0 Å². The van der Waals surface area contributed by atoms with Gasteiger partial charge in [0, 0.05) is 12.1 Å². The fourth-order valence-electron chi connectivity index (χ4n) is 3.17. The molecule has 2 N–H and O–H groups in total. The minimum Gasteiger partial charge on any atom is -0.392 e. The topological polar surface area (TPSA) is 69.6 Å². The monoisotopic (exact) mass is 282 g/mol. The summed E-state index contributed by atoms with van der Waals surface area (Å²) in [6.45, 7) is 3.87. The van der Waals surface area contributed by atoms with Gasteiger partial charge in [0.15, 0.2) is 0 Å². The molecule has 2 fully saturated rings. The maximum Gasteiger partial charge on any atom is 0.247 e. The Labute approximate surface area is 120 Å². The molecular weight excluding hydrogens is 256 g/mol. The number of carbonyl (C=O) groups is 2. The Bertz CT molecular complexity index is 372. The molecule has 0 aromatic rings. The Morgan fingerprint density at radius 1 is 1.30 bits per heavy atom. The number of nitrogens with zero attached hydrogens (tertiary/aromatic N) is 1. The number of aliphatic hydroxyl groups is 1. The number of nitrogens with one attached hydrogen (secondary N) is 1. The maximum absolute atomic E-state index is 12.3. The molecular formula is C15H26N2O3. The molecule has 0 aromatic heterocycles. The van der Waals surface area contributed by atoms with Crippen LogP contribution in [0.5, 0.6) is 0 Å². The third-order valence-corrected chi connectivity index (χ3v) is 4.61. The molecule has 1 heterocycles. The lowest BCUT2D eigenvalue weighted by atomic mass is 10.0. The molecule has 2 aliphatic rings. The van der Waals surface area contributed by atoms with E-state index in [9.17, 15) is 14.7 Å². The molecule has 114 valence electrons. The van der Waals surface area contributed by atoms with Crippen molar-refractivity contribution in [1.29, 1.82) is 0 Å². The number of imide groups is 1. The lowest BCUT2D eigenvalue weighted by Crippen LogP contribution is -2.49. The number of carbonyl (C=O) groups excluding carboxylic acids is 2. The molecule has 2 rings (SSSR count). The third-order valence-electron chi connectivity index (χ3n) is 4.61. The highest BCUT2D eigenvalue weighted by Crippen LogP contribution is 2.22. The normalized spacial score (nSPS) is 33.4. The molecule has 0 aromatic carbocycles. The maximum atomic E-state index is 12.3. The smallest absolute Gasteiger partial charge is 0.247 e. The second kappa shape index (κ2) is 6.68. The second-order valence-corrected chi connectivity index (χ2v) is 6.09. The molecule has 1 aliphatic carbocycles. The Morgan fingerprint density at radius 3 is 2.70 bits per heavy atom. The van der Waals surface area contributed by atoms with Crippen molar-refractivity contribution in [2.75, 3.05) is 0 Å². The first-order valence-corrected chi connectivity index (χ1v) is 7.84. The largest absolute Gasteiger partial charge is 0.392 e. The average molecular weight is 282 g/mol. The van der Waals surface area contributed by atoms with Gasteiger partial charge >= 0.3 is 0 Å². The fraction of sp³-hybridized carbons (Fsp3) is 0.867. The van der Waals surface area contributed by atoms with Gasteiger partial charge in [0.25, 0.3) is 0 Å². The number of hydrogen-bond donors (Lipinski definition) is 2. The van der Waals surface area contributed by atoms with Gasteiger partial charge in [0.1, 0.15) is 0 Å². The second-order valence-electron chi connectivity index (χ2n) is 6.09. The van der Waals surface area contributed by atoms with Crippen LogP contribution in [0.25, 0.3) is 0 Å². The molecule has 0 radical (unpaired) electrons. The van der Waals surface area contributed by atoms with E-state index in [-0.39, 0.29) is 30.3 Å². The van der Waals surface area contributed by atoms with Gasteiger partial charge < -0.3 is 10.4 Å². The summed E-state index contributed by atoms with van der Waals surface area (Å²) in [7, 11) is 0. The summed E-state index contributed by atoms with van der Waals surface area (Å²) in [5, 5.41) is 13.3. The number of likely N-dealkylation sites (tertiary alicyclic amines) is 1. The Morgan fingerprint density at radius 2 is 2.00 bits per heavy atom. The standard InChI is InChI=1S/C15H26N2O3/c1-3-10(2)17-14(19)9-12(15(17)20)16-11-7-5-4-6-8-13(11)18/h10-13,16,18H,3-9H2,1-2H3. The highest BCUT2D eigenvalue weighted by Gasteiger charge is 2.41. The zero-order valence-corrected chi connectivity index (χ0v) is 12.5. The van der Waals surface area contributed by atoms with E-state index in [0.29, 0.717) is 0 Å². The van der Waals surface area contributed by atoms with Crippen LogP contribution in [0.1, 0.15) is 58.8 Å². The van der Waals surface area contributed by atoms with Crippen LogP contribution in [0.15, 0.2) is 0 Å². The van der Waals surface area contributed by atoms with Crippen molar-refractivity contribution in [2.45, 2.75) is 83.0 Å². The van der Waals surface area contributed by atoms with Crippen molar-refractivity contribution in [2.24, 2.45) is 0 Å². The molecule has 1 saturated heterocycles. The van der Waals surface area contributed by atoms with Crippen molar-refractivity contribution < 1.29 is 14.7 Å². The van der Waals surface area contributed by atoms with Crippen LogP contribution in [-0.2, 0) is 9.59 Å². The van der Waals surface area contributed by atoms with Crippen LogP contribution in [0, 0.1) is 0 Å². The van der Waals surface area contributed by atoms with Gasteiger partial charge in [-0.3, -0.25) is 14.5 Å². The lowest BCUT2D eigenvalue weighted by Gasteiger charge is -2.26. The van der Waals surface area contributed by atoms with Gasteiger partial charge in [0.2, 0.25) is 11.8 Å². The van der Waals surface area contributed by atoms with Crippen molar-refractivity contribution in [3.05, 3.63) is 0 Å². The summed E-state index contributed by atoms with van der Waals surface area (Å²) in [5.74, 6) is -0.217. The van der Waals surface area contributed by atoms with Crippen molar-refractivity contribution in [3.8, 4) is 0 Å². The molecule has 4 atom stereocenters. The first-order valence-electron chi connectivity index (χ1n) is 7.84. The summed E-state index contributed by atoms with van der Waals surface area (Å²) < 4.78 is 0. The van der Waals surface area contributed by atoms with Crippen molar-refractivity contribution in [1.82, 2.24) is 10.2 Å². The van der Waals surface area contributed by atoms with Crippen LogP contribution < -0.4 is 5.32 Å². The number of aliphatic hydroxyl groups excluding tert-OH is 1. The van der Waals surface area contributed by atoms with E-state index in [2.05, 4.69) is 5.32 Å². The van der Waals surface area contributed by atoms with Gasteiger partial charge in [-0.05, 0) is 26.2 Å². The zero-order valence-electron chi connectivity index (χ0n) is 12.5. The van der Waals surface area contributed by atoms with E-state index in [1.807, 2.05) is 13.8 Å². The molecule has 2 amide bonds. The molecule has 5 nitrogen and oxygen atoms in total. The first kappa shape index (κ1) is 15.4. The highest BCUT2D eigenvalue weighted by molar-refractivity contribution is 6.05. The van der Waals surface area contributed by atoms with E-state index < -0.39 is 12.1 Å². The van der Waals surface area contributed by atoms with Crippen molar-refractivity contribution in [3.63, 3.8) is 0 Å². The van der Waals surface area contributed by atoms with Crippen LogP contribution in [0.4, 0.5) is 0 Å². The van der Waals surface area contributed by atoms with E-state index in [4.69, 9.17) is 0 Å². The Balaban J connectivity index is 1.99. The van der Waals surface area contributed by atoms with Crippen LogP contribution in [0.2, 0.25) is 0 Å². The molecule has 0 bridgehead atoms. The van der Waals surface area contributed by atoms with E-state index >= 15 is 0 Å². The van der Waals surface area contributed by atoms with Gasteiger partial charge in [-0.1, -0.05) is 26.2 Å². The minimum atomic E-state index is -0.450. The first-order chi connectivity index (χ1) is 9.54. The molecule has 1 aliphatic heterocycles. The van der Waals surface area contributed by atoms with Crippen LogP contribution in [-0.4, -0.2) is 46.1 Å². The van der Waals surface area contributed by atoms with Gasteiger partial charge in [0.05, 0.1) is 18.6 Å². The summed E-state index contributed by atoms with van der Waals surface area (Å²) >= 11 is 0.